The van der Waals surface area contributed by atoms with Crippen molar-refractivity contribution in [2.45, 2.75) is 4.90 Å². The lowest BCUT2D eigenvalue weighted by molar-refractivity contribution is 1.37. The minimum Gasteiger partial charge on any atom is -0.399 e. The highest BCUT2D eigenvalue weighted by atomic mass is 32.2. The van der Waals surface area contributed by atoms with E-state index in [1.807, 2.05) is 41.8 Å². The van der Waals surface area contributed by atoms with Crippen LogP contribution in [0.2, 0.25) is 0 Å². The van der Waals surface area contributed by atoms with E-state index in [1.165, 1.54) is 4.90 Å². The molecule has 0 saturated heterocycles. The molecule has 0 fully saturated rings. The molecule has 0 amide bonds. The molecule has 1 heterocycles. The number of nitrogen functional groups attached to an aromatic ring is 1. The van der Waals surface area contributed by atoms with Gasteiger partial charge in [-0.3, -0.25) is 0 Å². The van der Waals surface area contributed by atoms with Crippen LogP contribution < -0.4 is 11.1 Å². The van der Waals surface area contributed by atoms with Crippen molar-refractivity contribution in [3.8, 4) is 11.3 Å². The summed E-state index contributed by atoms with van der Waals surface area (Å²) in [6, 6.07) is 16.1. The van der Waals surface area contributed by atoms with Crippen molar-refractivity contribution in [2.75, 3.05) is 17.3 Å². The second-order valence-electron chi connectivity index (χ2n) is 4.52. The number of hydrogen-bond acceptors (Lipinski definition) is 5. The van der Waals surface area contributed by atoms with Crippen LogP contribution in [0.5, 0.6) is 0 Å². The van der Waals surface area contributed by atoms with Gasteiger partial charge < -0.3 is 11.1 Å². The number of hydrogen-bond donors (Lipinski definition) is 2. The van der Waals surface area contributed by atoms with Gasteiger partial charge in [-0.2, -0.15) is 0 Å². The van der Waals surface area contributed by atoms with Crippen LogP contribution in [0, 0.1) is 0 Å². The second kappa shape index (κ2) is 6.20. The number of thioether (sulfide) groups is 1. The largest absolute Gasteiger partial charge is 0.399 e. The summed E-state index contributed by atoms with van der Waals surface area (Å²) in [6.07, 6.45) is 2.07. The maximum absolute atomic E-state index is 5.71. The Hall–Kier alpha value is -1.98. The predicted octanol–water partition coefficient (Wildman–Crippen LogP) is 4.86. The topological polar surface area (TPSA) is 50.9 Å². The van der Waals surface area contributed by atoms with Crippen LogP contribution in [-0.2, 0) is 0 Å². The Morgan fingerprint density at radius 1 is 1.14 bits per heavy atom. The van der Waals surface area contributed by atoms with Gasteiger partial charge in [0.1, 0.15) is 0 Å². The molecule has 0 bridgehead atoms. The van der Waals surface area contributed by atoms with E-state index in [-0.39, 0.29) is 0 Å². The first-order valence-corrected chi connectivity index (χ1v) is 8.57. The Morgan fingerprint density at radius 3 is 2.71 bits per heavy atom. The van der Waals surface area contributed by atoms with Gasteiger partial charge in [0.15, 0.2) is 5.13 Å². The van der Waals surface area contributed by atoms with Crippen molar-refractivity contribution < 1.29 is 0 Å². The highest BCUT2D eigenvalue weighted by Crippen LogP contribution is 2.28. The number of nitrogens with one attached hydrogen (secondary N) is 1. The average Bonchev–Trinajstić information content (AvgIpc) is 2.96. The molecule has 0 radical (unpaired) electrons. The zero-order valence-electron chi connectivity index (χ0n) is 11.5. The third kappa shape index (κ3) is 3.37. The van der Waals surface area contributed by atoms with Gasteiger partial charge in [-0.25, -0.2) is 4.98 Å². The summed E-state index contributed by atoms with van der Waals surface area (Å²) in [5.74, 6) is 0. The first kappa shape index (κ1) is 14.0. The van der Waals surface area contributed by atoms with Crippen LogP contribution in [0.4, 0.5) is 16.5 Å². The fourth-order valence-electron chi connectivity index (χ4n) is 1.94. The molecule has 3 aromatic rings. The van der Waals surface area contributed by atoms with Gasteiger partial charge in [0.05, 0.1) is 5.69 Å². The van der Waals surface area contributed by atoms with Crippen LogP contribution >= 0.6 is 23.1 Å². The number of benzene rings is 2. The third-order valence-electron chi connectivity index (χ3n) is 3.03. The highest BCUT2D eigenvalue weighted by molar-refractivity contribution is 7.98. The second-order valence-corrected chi connectivity index (χ2v) is 6.25. The summed E-state index contributed by atoms with van der Waals surface area (Å²) in [6.45, 7) is 0. The van der Waals surface area contributed by atoms with Gasteiger partial charge in [-0.15, -0.1) is 23.1 Å². The highest BCUT2D eigenvalue weighted by Gasteiger charge is 2.05. The minimum absolute atomic E-state index is 0.765. The van der Waals surface area contributed by atoms with Crippen LogP contribution in [-0.4, -0.2) is 11.2 Å². The quantitative estimate of drug-likeness (QED) is 0.533. The van der Waals surface area contributed by atoms with Gasteiger partial charge >= 0.3 is 0 Å². The summed E-state index contributed by atoms with van der Waals surface area (Å²) in [7, 11) is 0. The van der Waals surface area contributed by atoms with Crippen LogP contribution in [0.1, 0.15) is 0 Å². The van der Waals surface area contributed by atoms with E-state index in [1.54, 1.807) is 23.1 Å². The summed E-state index contributed by atoms with van der Waals surface area (Å²) in [4.78, 5) is 5.85. The standard InChI is InChI=1S/C16H15N3S2/c1-20-14-4-2-3-13(9-14)18-16-19-15(10-21-16)11-5-7-12(17)8-6-11/h2-10H,17H2,1H3,(H,18,19). The van der Waals surface area contributed by atoms with Crippen molar-refractivity contribution >= 4 is 39.6 Å². The third-order valence-corrected chi connectivity index (χ3v) is 4.51. The molecule has 3 nitrogen and oxygen atoms in total. The molecule has 1 aromatic heterocycles. The van der Waals surface area contributed by atoms with Crippen LogP contribution in [0.3, 0.4) is 0 Å². The molecular formula is C16H15N3S2. The lowest BCUT2D eigenvalue weighted by atomic mass is 10.1. The molecule has 0 atom stereocenters. The Kier molecular flexibility index (Phi) is 4.13. The Balaban J connectivity index is 1.80. The van der Waals surface area contributed by atoms with Crippen LogP contribution in [0.15, 0.2) is 58.8 Å². The summed E-state index contributed by atoms with van der Waals surface area (Å²) >= 11 is 3.32. The first-order chi connectivity index (χ1) is 10.2. The minimum atomic E-state index is 0.765. The number of thiazole rings is 1. The van der Waals surface area contributed by atoms with E-state index in [0.717, 1.165) is 27.8 Å². The van der Waals surface area contributed by atoms with Gasteiger partial charge in [-0.1, -0.05) is 18.2 Å². The maximum atomic E-state index is 5.71. The predicted molar refractivity (Wildman–Crippen MR) is 93.5 cm³/mol. The van der Waals surface area contributed by atoms with Gasteiger partial charge in [0, 0.05) is 27.2 Å². The van der Waals surface area contributed by atoms with E-state index >= 15 is 0 Å². The smallest absolute Gasteiger partial charge is 0.187 e. The molecule has 2 aromatic carbocycles. The van der Waals surface area contributed by atoms with E-state index in [4.69, 9.17) is 5.73 Å². The molecule has 5 heteroatoms. The molecule has 0 spiro atoms. The van der Waals surface area contributed by atoms with Crippen molar-refractivity contribution in [3.05, 3.63) is 53.9 Å². The molecule has 21 heavy (non-hydrogen) atoms. The van der Waals surface area contributed by atoms with E-state index in [2.05, 4.69) is 28.7 Å². The summed E-state index contributed by atoms with van der Waals surface area (Å²) in [5, 5.41) is 6.29. The lowest BCUT2D eigenvalue weighted by Crippen LogP contribution is -1.90. The number of rotatable bonds is 4. The average molecular weight is 313 g/mol. The molecule has 106 valence electrons. The van der Waals surface area contributed by atoms with Crippen molar-refractivity contribution in [3.63, 3.8) is 0 Å². The zero-order valence-corrected chi connectivity index (χ0v) is 13.2. The van der Waals surface area contributed by atoms with E-state index in [9.17, 15) is 0 Å². The molecule has 0 aliphatic carbocycles. The van der Waals surface area contributed by atoms with Crippen molar-refractivity contribution in [1.82, 2.24) is 4.98 Å². The molecule has 0 saturated carbocycles. The Labute approximate surface area is 132 Å². The SMILES string of the molecule is CSc1cccc(Nc2nc(-c3ccc(N)cc3)cs2)c1. The fourth-order valence-corrected chi connectivity index (χ4v) is 3.14. The first-order valence-electron chi connectivity index (χ1n) is 6.47. The number of anilines is 3. The zero-order chi connectivity index (χ0) is 14.7. The van der Waals surface area contributed by atoms with Crippen LogP contribution in [0.25, 0.3) is 11.3 Å². The van der Waals surface area contributed by atoms with Gasteiger partial charge in [-0.05, 0) is 36.6 Å². The van der Waals surface area contributed by atoms with Gasteiger partial charge in [0.2, 0.25) is 0 Å². The van der Waals surface area contributed by atoms with E-state index in [0.29, 0.717) is 0 Å². The number of nitrogens with zero attached hydrogens (tertiary/aromatic N) is 1. The Bertz CT molecular complexity index is 735. The molecular weight excluding hydrogens is 298 g/mol. The summed E-state index contributed by atoms with van der Waals surface area (Å²) in [5.41, 5.74) is 9.56. The Morgan fingerprint density at radius 2 is 1.95 bits per heavy atom. The molecule has 3 N–H and O–H groups in total. The molecule has 3 rings (SSSR count). The normalized spacial score (nSPS) is 10.5. The van der Waals surface area contributed by atoms with Gasteiger partial charge in [0.25, 0.3) is 0 Å². The molecule has 0 unspecified atom stereocenters. The van der Waals surface area contributed by atoms with E-state index < -0.39 is 0 Å². The van der Waals surface area contributed by atoms with Crippen molar-refractivity contribution in [2.24, 2.45) is 0 Å². The lowest BCUT2D eigenvalue weighted by Gasteiger charge is -2.04. The fraction of sp³-hybridized carbons (Fsp3) is 0.0625. The maximum Gasteiger partial charge on any atom is 0.187 e. The molecule has 0 aliphatic rings. The molecule has 0 aliphatic heterocycles. The summed E-state index contributed by atoms with van der Waals surface area (Å²) < 4.78 is 0. The number of aromatic nitrogens is 1. The number of nitrogens with two attached hydrogens (primary N) is 1. The van der Waals surface area contributed by atoms with Crippen molar-refractivity contribution in [1.29, 1.82) is 0 Å². The monoisotopic (exact) mass is 313 g/mol.